The van der Waals surface area contributed by atoms with Crippen molar-refractivity contribution < 1.29 is 8.42 Å². The highest BCUT2D eigenvalue weighted by Gasteiger charge is 2.22. The lowest BCUT2D eigenvalue weighted by Gasteiger charge is -2.30. The van der Waals surface area contributed by atoms with Crippen LogP contribution < -0.4 is 5.32 Å². The Labute approximate surface area is 111 Å². The third-order valence-corrected chi connectivity index (χ3v) is 5.84. The number of hydrogen-bond acceptors (Lipinski definition) is 4. The van der Waals surface area contributed by atoms with E-state index in [-0.39, 0.29) is 0 Å². The van der Waals surface area contributed by atoms with Gasteiger partial charge in [0.25, 0.3) is 0 Å². The molecule has 4 nitrogen and oxygen atoms in total. The van der Waals surface area contributed by atoms with Gasteiger partial charge in [-0.2, -0.15) is 0 Å². The van der Waals surface area contributed by atoms with Gasteiger partial charge in [-0.25, -0.2) is 8.42 Å². The Morgan fingerprint density at radius 1 is 1.22 bits per heavy atom. The highest BCUT2D eigenvalue weighted by atomic mass is 32.2. The van der Waals surface area contributed by atoms with Crippen molar-refractivity contribution in [3.8, 4) is 0 Å². The van der Waals surface area contributed by atoms with Gasteiger partial charge < -0.3 is 10.2 Å². The van der Waals surface area contributed by atoms with Crippen LogP contribution in [-0.2, 0) is 9.84 Å². The highest BCUT2D eigenvalue weighted by Crippen LogP contribution is 2.23. The maximum absolute atomic E-state index is 11.3. The molecule has 1 aliphatic heterocycles. The van der Waals surface area contributed by atoms with Crippen LogP contribution >= 0.6 is 0 Å². The SMILES string of the molecule is CC1CCCC(NCCN2CCS(=O)(=O)CC2)C1. The third kappa shape index (κ3) is 4.52. The quantitative estimate of drug-likeness (QED) is 0.827. The predicted molar refractivity (Wildman–Crippen MR) is 74.5 cm³/mol. The van der Waals surface area contributed by atoms with Crippen LogP contribution in [0.2, 0.25) is 0 Å². The van der Waals surface area contributed by atoms with Crippen LogP contribution in [-0.4, -0.2) is 57.0 Å². The van der Waals surface area contributed by atoms with Crippen LogP contribution in [0.1, 0.15) is 32.6 Å². The molecule has 2 rings (SSSR count). The molecule has 1 heterocycles. The van der Waals surface area contributed by atoms with Crippen LogP contribution in [0.15, 0.2) is 0 Å². The number of sulfone groups is 1. The monoisotopic (exact) mass is 274 g/mol. The Kier molecular flexibility index (Phi) is 5.04. The molecule has 106 valence electrons. The molecule has 0 amide bonds. The van der Waals surface area contributed by atoms with Crippen molar-refractivity contribution in [2.75, 3.05) is 37.7 Å². The molecule has 0 aromatic rings. The third-order valence-electron chi connectivity index (χ3n) is 4.23. The summed E-state index contributed by atoms with van der Waals surface area (Å²) in [6, 6.07) is 0.683. The molecule has 1 N–H and O–H groups in total. The number of rotatable bonds is 4. The van der Waals surface area contributed by atoms with E-state index in [9.17, 15) is 8.42 Å². The molecule has 2 atom stereocenters. The molecule has 18 heavy (non-hydrogen) atoms. The first-order valence-electron chi connectivity index (χ1n) is 7.21. The first-order chi connectivity index (χ1) is 8.55. The Bertz CT molecular complexity index is 342. The van der Waals surface area contributed by atoms with Gasteiger partial charge in [-0.3, -0.25) is 0 Å². The zero-order chi connectivity index (χ0) is 13.0. The van der Waals surface area contributed by atoms with Gasteiger partial charge in [0.1, 0.15) is 0 Å². The average molecular weight is 274 g/mol. The molecule has 1 saturated heterocycles. The molecular formula is C13H26N2O2S. The topological polar surface area (TPSA) is 49.4 Å². The summed E-state index contributed by atoms with van der Waals surface area (Å²) >= 11 is 0. The molecule has 0 bridgehead atoms. The van der Waals surface area contributed by atoms with Crippen molar-refractivity contribution >= 4 is 9.84 Å². The lowest BCUT2D eigenvalue weighted by Crippen LogP contribution is -2.45. The van der Waals surface area contributed by atoms with Crippen molar-refractivity contribution in [3.63, 3.8) is 0 Å². The molecule has 1 saturated carbocycles. The van der Waals surface area contributed by atoms with E-state index in [1.54, 1.807) is 0 Å². The molecule has 5 heteroatoms. The molecule has 0 radical (unpaired) electrons. The maximum Gasteiger partial charge on any atom is 0.152 e. The fourth-order valence-corrected chi connectivity index (χ4v) is 4.30. The Hall–Kier alpha value is -0.130. The standard InChI is InChI=1S/C13H26N2O2S/c1-12-3-2-4-13(11-12)14-5-6-15-7-9-18(16,17)10-8-15/h12-14H,2-11H2,1H3. The van der Waals surface area contributed by atoms with E-state index >= 15 is 0 Å². The van der Waals surface area contributed by atoms with Gasteiger partial charge in [-0.15, -0.1) is 0 Å². The van der Waals surface area contributed by atoms with Gasteiger partial charge in [0, 0.05) is 32.2 Å². The molecule has 1 aliphatic carbocycles. The van der Waals surface area contributed by atoms with Gasteiger partial charge in [-0.05, 0) is 18.8 Å². The van der Waals surface area contributed by atoms with E-state index in [2.05, 4.69) is 17.1 Å². The summed E-state index contributed by atoms with van der Waals surface area (Å²) in [5.41, 5.74) is 0. The molecule has 2 aliphatic rings. The zero-order valence-corrected chi connectivity index (χ0v) is 12.2. The van der Waals surface area contributed by atoms with Crippen molar-refractivity contribution in [2.24, 2.45) is 5.92 Å². The Balaban J connectivity index is 1.61. The summed E-state index contributed by atoms with van der Waals surface area (Å²) in [6.07, 6.45) is 5.33. The van der Waals surface area contributed by atoms with Crippen LogP contribution in [0, 0.1) is 5.92 Å². The zero-order valence-electron chi connectivity index (χ0n) is 11.4. The summed E-state index contributed by atoms with van der Waals surface area (Å²) in [4.78, 5) is 2.26. The average Bonchev–Trinajstić information content (AvgIpc) is 2.31. The summed E-state index contributed by atoms with van der Waals surface area (Å²) in [7, 11) is -2.73. The number of nitrogens with one attached hydrogen (secondary N) is 1. The fraction of sp³-hybridized carbons (Fsp3) is 1.00. The molecule has 2 fully saturated rings. The normalized spacial score (nSPS) is 33.4. The summed E-state index contributed by atoms with van der Waals surface area (Å²) < 4.78 is 22.6. The van der Waals surface area contributed by atoms with Crippen molar-refractivity contribution in [1.82, 2.24) is 10.2 Å². The lowest BCUT2D eigenvalue weighted by molar-refractivity contribution is 0.262. The second-order valence-electron chi connectivity index (χ2n) is 5.92. The first kappa shape index (κ1) is 14.3. The summed E-state index contributed by atoms with van der Waals surface area (Å²) in [5.74, 6) is 1.54. The van der Waals surface area contributed by atoms with Crippen molar-refractivity contribution in [3.05, 3.63) is 0 Å². The van der Waals surface area contributed by atoms with Gasteiger partial charge in [0.05, 0.1) is 11.5 Å². The van der Waals surface area contributed by atoms with Crippen LogP contribution in [0.4, 0.5) is 0 Å². The van der Waals surface area contributed by atoms with E-state index in [1.807, 2.05) is 0 Å². The van der Waals surface area contributed by atoms with E-state index < -0.39 is 9.84 Å². The first-order valence-corrected chi connectivity index (χ1v) is 9.03. The van der Waals surface area contributed by atoms with E-state index in [4.69, 9.17) is 0 Å². The van der Waals surface area contributed by atoms with E-state index in [0.29, 0.717) is 30.6 Å². The van der Waals surface area contributed by atoms with Gasteiger partial charge >= 0.3 is 0 Å². The Morgan fingerprint density at radius 2 is 1.94 bits per heavy atom. The maximum atomic E-state index is 11.3. The molecule has 0 aromatic heterocycles. The van der Waals surface area contributed by atoms with Crippen LogP contribution in [0.25, 0.3) is 0 Å². The van der Waals surface area contributed by atoms with Crippen molar-refractivity contribution in [2.45, 2.75) is 38.6 Å². The smallest absolute Gasteiger partial charge is 0.152 e. The fourth-order valence-electron chi connectivity index (χ4n) is 3.02. The Morgan fingerprint density at radius 3 is 2.61 bits per heavy atom. The number of hydrogen-bond donors (Lipinski definition) is 1. The van der Waals surface area contributed by atoms with Gasteiger partial charge in [0.2, 0.25) is 0 Å². The largest absolute Gasteiger partial charge is 0.313 e. The summed E-state index contributed by atoms with van der Waals surface area (Å²) in [6.45, 7) is 5.75. The summed E-state index contributed by atoms with van der Waals surface area (Å²) in [5, 5.41) is 3.63. The highest BCUT2D eigenvalue weighted by molar-refractivity contribution is 7.91. The minimum absolute atomic E-state index is 0.341. The molecule has 0 spiro atoms. The van der Waals surface area contributed by atoms with Crippen LogP contribution in [0.3, 0.4) is 0 Å². The second kappa shape index (κ2) is 6.35. The second-order valence-corrected chi connectivity index (χ2v) is 8.22. The minimum Gasteiger partial charge on any atom is -0.313 e. The minimum atomic E-state index is -2.73. The lowest BCUT2D eigenvalue weighted by atomic mass is 9.87. The predicted octanol–water partition coefficient (Wildman–Crippen LogP) is 0.885. The molecule has 0 aromatic carbocycles. The van der Waals surface area contributed by atoms with E-state index in [0.717, 1.165) is 19.0 Å². The van der Waals surface area contributed by atoms with Gasteiger partial charge in [0.15, 0.2) is 9.84 Å². The van der Waals surface area contributed by atoms with Gasteiger partial charge in [-0.1, -0.05) is 19.8 Å². The molecule has 2 unspecified atom stereocenters. The van der Waals surface area contributed by atoms with Crippen LogP contribution in [0.5, 0.6) is 0 Å². The molecular weight excluding hydrogens is 248 g/mol. The van der Waals surface area contributed by atoms with E-state index in [1.165, 1.54) is 25.7 Å². The number of nitrogens with zero attached hydrogens (tertiary/aromatic N) is 1. The van der Waals surface area contributed by atoms with Crippen molar-refractivity contribution in [1.29, 1.82) is 0 Å².